The fourth-order valence-electron chi connectivity index (χ4n) is 3.67. The molecule has 0 radical (unpaired) electrons. The molecular weight excluding hydrogens is 424 g/mol. The Morgan fingerprint density at radius 1 is 1.06 bits per heavy atom. The van der Waals surface area contributed by atoms with Gasteiger partial charge in [0.1, 0.15) is 6.07 Å². The molecule has 0 aliphatic carbocycles. The van der Waals surface area contributed by atoms with E-state index in [1.54, 1.807) is 44.6 Å². The van der Waals surface area contributed by atoms with Crippen LogP contribution in [0.4, 0.5) is 5.88 Å². The summed E-state index contributed by atoms with van der Waals surface area (Å²) in [4.78, 5) is 30.4. The molecule has 1 aliphatic rings. The number of hydrogen-bond acceptors (Lipinski definition) is 8. The van der Waals surface area contributed by atoms with Gasteiger partial charge in [-0.3, -0.25) is 14.5 Å². The van der Waals surface area contributed by atoms with Gasteiger partial charge in [-0.15, -0.1) is 0 Å². The number of benzene rings is 2. The molecule has 33 heavy (non-hydrogen) atoms. The van der Waals surface area contributed by atoms with Crippen molar-refractivity contribution < 1.29 is 23.5 Å². The smallest absolute Gasteiger partial charge is 0.261 e. The molecule has 1 aromatic heterocycles. The zero-order valence-corrected chi connectivity index (χ0v) is 18.3. The molecule has 0 spiro atoms. The average Bonchev–Trinajstić information content (AvgIpc) is 3.36. The van der Waals surface area contributed by atoms with E-state index in [0.29, 0.717) is 47.9 Å². The molecule has 0 unspecified atom stereocenters. The fraction of sp³-hybridized carbons (Fsp3) is 0.250. The van der Waals surface area contributed by atoms with Crippen LogP contribution >= 0.6 is 0 Å². The maximum absolute atomic E-state index is 12.5. The van der Waals surface area contributed by atoms with Crippen molar-refractivity contribution in [3.8, 4) is 17.6 Å². The van der Waals surface area contributed by atoms with Gasteiger partial charge in [0, 0.05) is 19.5 Å². The van der Waals surface area contributed by atoms with E-state index >= 15 is 0 Å². The highest BCUT2D eigenvalue weighted by atomic mass is 16.5. The molecule has 3 aromatic rings. The molecular formula is C24H22N4O5. The highest BCUT2D eigenvalue weighted by molar-refractivity contribution is 6.21. The van der Waals surface area contributed by atoms with Crippen LogP contribution in [0.15, 0.2) is 46.9 Å². The first-order chi connectivity index (χ1) is 16.0. The Hall–Kier alpha value is -4.32. The lowest BCUT2D eigenvalue weighted by Gasteiger charge is -2.12. The number of nitrogens with zero attached hydrogens (tertiary/aromatic N) is 3. The molecule has 2 amide bonds. The molecule has 0 fully saturated rings. The van der Waals surface area contributed by atoms with Crippen LogP contribution in [0.1, 0.15) is 44.3 Å². The second kappa shape index (κ2) is 9.44. The molecule has 4 rings (SSSR count). The standard InChI is InChI=1S/C24H22N4O5/c1-31-19-10-9-15(12-20(19)32-2)14-26-22-18(13-25)27-21(33-22)8-5-11-28-23(29)16-6-3-4-7-17(16)24(28)30/h3-4,6-7,9-10,12,26H,5,8,11,14H2,1-2H3. The highest BCUT2D eigenvalue weighted by Gasteiger charge is 2.34. The number of ether oxygens (including phenoxy) is 2. The molecule has 0 bridgehead atoms. The molecule has 1 aliphatic heterocycles. The lowest BCUT2D eigenvalue weighted by Crippen LogP contribution is -2.30. The van der Waals surface area contributed by atoms with Crippen LogP contribution in [-0.2, 0) is 13.0 Å². The zero-order chi connectivity index (χ0) is 23.4. The SMILES string of the molecule is COc1ccc(CNc2oc(CCCN3C(=O)c4ccccc4C3=O)nc2C#N)cc1OC. The second-order valence-electron chi connectivity index (χ2n) is 7.35. The maximum atomic E-state index is 12.5. The number of imide groups is 1. The lowest BCUT2D eigenvalue weighted by atomic mass is 10.1. The quantitative estimate of drug-likeness (QED) is 0.497. The van der Waals surface area contributed by atoms with Crippen LogP contribution in [0.25, 0.3) is 0 Å². The molecule has 1 N–H and O–H groups in total. The number of nitriles is 1. The summed E-state index contributed by atoms with van der Waals surface area (Å²) in [6, 6.07) is 14.3. The minimum atomic E-state index is -0.294. The normalized spacial score (nSPS) is 12.5. The van der Waals surface area contributed by atoms with E-state index in [1.807, 2.05) is 18.2 Å². The van der Waals surface area contributed by atoms with Crippen LogP contribution in [0.5, 0.6) is 11.5 Å². The van der Waals surface area contributed by atoms with Crippen LogP contribution in [0.2, 0.25) is 0 Å². The van der Waals surface area contributed by atoms with Gasteiger partial charge in [0.15, 0.2) is 17.4 Å². The summed E-state index contributed by atoms with van der Waals surface area (Å²) in [5.41, 5.74) is 1.89. The van der Waals surface area contributed by atoms with E-state index in [0.717, 1.165) is 5.56 Å². The Labute approximate surface area is 190 Å². The predicted octanol–water partition coefficient (Wildman–Crippen LogP) is 3.40. The van der Waals surface area contributed by atoms with Crippen molar-refractivity contribution in [3.05, 3.63) is 70.7 Å². The largest absolute Gasteiger partial charge is 0.493 e. The monoisotopic (exact) mass is 446 g/mol. The van der Waals surface area contributed by atoms with Crippen molar-refractivity contribution in [1.82, 2.24) is 9.88 Å². The number of rotatable bonds is 9. The topological polar surface area (TPSA) is 118 Å². The van der Waals surface area contributed by atoms with E-state index in [4.69, 9.17) is 13.9 Å². The van der Waals surface area contributed by atoms with Crippen molar-refractivity contribution >= 4 is 17.7 Å². The first-order valence-corrected chi connectivity index (χ1v) is 10.4. The van der Waals surface area contributed by atoms with Crippen LogP contribution in [-0.4, -0.2) is 42.5 Å². The molecule has 0 atom stereocenters. The van der Waals surface area contributed by atoms with Gasteiger partial charge >= 0.3 is 0 Å². The first-order valence-electron chi connectivity index (χ1n) is 10.4. The molecule has 2 aromatic carbocycles. The van der Waals surface area contributed by atoms with Crippen LogP contribution in [0, 0.1) is 11.3 Å². The van der Waals surface area contributed by atoms with E-state index in [1.165, 1.54) is 4.90 Å². The van der Waals surface area contributed by atoms with Crippen molar-refractivity contribution in [2.75, 3.05) is 26.1 Å². The van der Waals surface area contributed by atoms with Crippen molar-refractivity contribution in [2.45, 2.75) is 19.4 Å². The summed E-state index contributed by atoms with van der Waals surface area (Å²) in [5, 5.41) is 12.5. The van der Waals surface area contributed by atoms with Crippen molar-refractivity contribution in [2.24, 2.45) is 0 Å². The summed E-state index contributed by atoms with van der Waals surface area (Å²) in [5.74, 6) is 1.26. The number of methoxy groups -OCH3 is 2. The highest BCUT2D eigenvalue weighted by Crippen LogP contribution is 2.28. The number of aromatic nitrogens is 1. The molecule has 168 valence electrons. The molecule has 0 saturated heterocycles. The number of aryl methyl sites for hydroxylation is 1. The van der Waals surface area contributed by atoms with Crippen LogP contribution in [0.3, 0.4) is 0 Å². The van der Waals surface area contributed by atoms with E-state index in [-0.39, 0.29) is 29.9 Å². The summed E-state index contributed by atoms with van der Waals surface area (Å²) in [6.07, 6.45) is 0.839. The second-order valence-corrected chi connectivity index (χ2v) is 7.35. The summed E-state index contributed by atoms with van der Waals surface area (Å²) in [6.45, 7) is 0.629. The van der Waals surface area contributed by atoms with Gasteiger partial charge in [0.25, 0.3) is 11.8 Å². The number of carbonyl (C=O) groups excluding carboxylic acids is 2. The third-order valence-electron chi connectivity index (χ3n) is 5.33. The number of oxazole rings is 1. The Morgan fingerprint density at radius 3 is 2.39 bits per heavy atom. The Bertz CT molecular complexity index is 1210. The van der Waals surface area contributed by atoms with Gasteiger partial charge in [0.05, 0.1) is 25.3 Å². The van der Waals surface area contributed by atoms with E-state index in [9.17, 15) is 14.9 Å². The fourth-order valence-corrected chi connectivity index (χ4v) is 3.67. The number of fused-ring (bicyclic) bond motifs is 1. The van der Waals surface area contributed by atoms with E-state index < -0.39 is 0 Å². The first kappa shape index (κ1) is 21.9. The number of carbonyl (C=O) groups is 2. The van der Waals surface area contributed by atoms with Gasteiger partial charge in [-0.1, -0.05) is 18.2 Å². The van der Waals surface area contributed by atoms with Gasteiger partial charge in [-0.25, -0.2) is 4.98 Å². The molecule has 9 nitrogen and oxygen atoms in total. The summed E-state index contributed by atoms with van der Waals surface area (Å²) < 4.78 is 16.3. The molecule has 0 saturated carbocycles. The number of hydrogen-bond donors (Lipinski definition) is 1. The molecule has 9 heteroatoms. The Kier molecular flexibility index (Phi) is 6.26. The van der Waals surface area contributed by atoms with Crippen LogP contribution < -0.4 is 14.8 Å². The van der Waals surface area contributed by atoms with Gasteiger partial charge in [0.2, 0.25) is 11.6 Å². The minimum absolute atomic E-state index is 0.145. The number of anilines is 1. The van der Waals surface area contributed by atoms with Gasteiger partial charge in [-0.2, -0.15) is 5.26 Å². The van der Waals surface area contributed by atoms with Gasteiger partial charge in [-0.05, 0) is 36.2 Å². The Balaban J connectivity index is 1.36. The third kappa shape index (κ3) is 4.36. The van der Waals surface area contributed by atoms with E-state index in [2.05, 4.69) is 10.3 Å². The third-order valence-corrected chi connectivity index (χ3v) is 5.33. The summed E-state index contributed by atoms with van der Waals surface area (Å²) >= 11 is 0. The van der Waals surface area contributed by atoms with Crippen molar-refractivity contribution in [1.29, 1.82) is 5.26 Å². The summed E-state index contributed by atoms with van der Waals surface area (Å²) in [7, 11) is 3.13. The Morgan fingerprint density at radius 2 is 1.76 bits per heavy atom. The number of nitrogens with one attached hydrogen (secondary N) is 1. The molecule has 2 heterocycles. The lowest BCUT2D eigenvalue weighted by molar-refractivity contribution is 0.0651. The average molecular weight is 446 g/mol. The minimum Gasteiger partial charge on any atom is -0.493 e. The van der Waals surface area contributed by atoms with Gasteiger partial charge < -0.3 is 19.2 Å². The predicted molar refractivity (Wildman–Crippen MR) is 118 cm³/mol. The zero-order valence-electron chi connectivity index (χ0n) is 18.3. The maximum Gasteiger partial charge on any atom is 0.261 e. The number of amides is 2. The van der Waals surface area contributed by atoms with Crippen molar-refractivity contribution in [3.63, 3.8) is 0 Å².